The highest BCUT2D eigenvalue weighted by Crippen LogP contribution is 2.35. The molecule has 2 nitrogen and oxygen atoms in total. The van der Waals surface area contributed by atoms with E-state index in [4.69, 9.17) is 4.74 Å². The van der Waals surface area contributed by atoms with Crippen molar-refractivity contribution in [2.24, 2.45) is 0 Å². The molecule has 1 aromatic rings. The number of hydrogen-bond donors (Lipinski definition) is 1. The molecule has 14 heavy (non-hydrogen) atoms. The van der Waals surface area contributed by atoms with Crippen LogP contribution in [0.2, 0.25) is 0 Å². The third kappa shape index (κ3) is 2.93. The smallest absolute Gasteiger partial charge is 0.0843 e. The van der Waals surface area contributed by atoms with E-state index in [9.17, 15) is 0 Å². The first kappa shape index (κ1) is 12.9. The number of thiophene rings is 1. The molecule has 1 aliphatic rings. The third-order valence-corrected chi connectivity index (χ3v) is 5.30. The number of morpholine rings is 1. The second-order valence-corrected chi connectivity index (χ2v) is 6.11. The van der Waals surface area contributed by atoms with Crippen LogP contribution < -0.4 is 5.32 Å². The van der Waals surface area contributed by atoms with Crippen molar-refractivity contribution in [1.82, 2.24) is 5.32 Å². The summed E-state index contributed by atoms with van der Waals surface area (Å²) in [5, 5.41) is 3.42. The average molecular weight is 364 g/mol. The molecule has 0 bridgehead atoms. The highest BCUT2D eigenvalue weighted by atomic mass is 79.9. The van der Waals surface area contributed by atoms with E-state index < -0.39 is 0 Å². The molecule has 1 fully saturated rings. The van der Waals surface area contributed by atoms with Crippen LogP contribution in [0.25, 0.3) is 0 Å². The molecule has 2 rings (SSSR count). The van der Waals surface area contributed by atoms with Crippen LogP contribution in [0.1, 0.15) is 10.9 Å². The van der Waals surface area contributed by atoms with Crippen LogP contribution in [0, 0.1) is 0 Å². The van der Waals surface area contributed by atoms with Crippen LogP contribution in [0.15, 0.2) is 14.3 Å². The van der Waals surface area contributed by atoms with Gasteiger partial charge in [0, 0.05) is 15.9 Å². The van der Waals surface area contributed by atoms with Crippen molar-refractivity contribution in [1.29, 1.82) is 0 Å². The molecule has 0 unspecified atom stereocenters. The van der Waals surface area contributed by atoms with Crippen molar-refractivity contribution in [3.63, 3.8) is 0 Å². The molecule has 6 heteroatoms. The topological polar surface area (TPSA) is 21.3 Å². The molecule has 2 heterocycles. The maximum absolute atomic E-state index is 5.40. The average Bonchev–Trinajstić information content (AvgIpc) is 2.49. The zero-order valence-electron chi connectivity index (χ0n) is 7.26. The van der Waals surface area contributed by atoms with Gasteiger partial charge in [0.15, 0.2) is 0 Å². The Bertz CT molecular complexity index is 282. The Hall–Kier alpha value is 0.870. The Morgan fingerprint density at radius 3 is 2.79 bits per heavy atom. The Morgan fingerprint density at radius 1 is 1.50 bits per heavy atom. The Balaban J connectivity index is 0.000000980. The van der Waals surface area contributed by atoms with Crippen LogP contribution in [0.3, 0.4) is 0 Å². The normalized spacial score (nSPS) is 21.7. The SMILES string of the molecule is Brc1cc([C@H]2COCCN2)sc1Br.Cl. The van der Waals surface area contributed by atoms with Crippen molar-refractivity contribution >= 4 is 55.6 Å². The van der Waals surface area contributed by atoms with E-state index in [1.807, 2.05) is 0 Å². The van der Waals surface area contributed by atoms with Gasteiger partial charge in [-0.1, -0.05) is 0 Å². The number of halogens is 3. The van der Waals surface area contributed by atoms with E-state index in [0.29, 0.717) is 6.04 Å². The number of hydrogen-bond acceptors (Lipinski definition) is 3. The summed E-state index contributed by atoms with van der Waals surface area (Å²) in [6.45, 7) is 2.54. The third-order valence-electron chi connectivity index (χ3n) is 1.93. The molecule has 1 N–H and O–H groups in total. The zero-order valence-corrected chi connectivity index (χ0v) is 12.1. The summed E-state index contributed by atoms with van der Waals surface area (Å²) in [4.78, 5) is 1.32. The zero-order chi connectivity index (χ0) is 9.26. The maximum atomic E-state index is 5.40. The lowest BCUT2D eigenvalue weighted by molar-refractivity contribution is 0.0779. The van der Waals surface area contributed by atoms with Gasteiger partial charge in [0.05, 0.1) is 23.0 Å². The summed E-state index contributed by atoms with van der Waals surface area (Å²) >= 11 is 8.71. The molecular weight excluding hydrogens is 353 g/mol. The van der Waals surface area contributed by atoms with Gasteiger partial charge in [-0.15, -0.1) is 23.7 Å². The second-order valence-electron chi connectivity index (χ2n) is 2.85. The van der Waals surface area contributed by atoms with Crippen LogP contribution in [0.4, 0.5) is 0 Å². The number of ether oxygens (including phenoxy) is 1. The molecule has 1 atom stereocenters. The minimum Gasteiger partial charge on any atom is -0.378 e. The van der Waals surface area contributed by atoms with Crippen molar-refractivity contribution in [3.8, 4) is 0 Å². The van der Waals surface area contributed by atoms with E-state index in [1.54, 1.807) is 11.3 Å². The molecule has 0 aromatic carbocycles. The van der Waals surface area contributed by atoms with Crippen LogP contribution in [0.5, 0.6) is 0 Å². The minimum absolute atomic E-state index is 0. The fourth-order valence-electron chi connectivity index (χ4n) is 1.28. The van der Waals surface area contributed by atoms with Gasteiger partial charge < -0.3 is 10.1 Å². The van der Waals surface area contributed by atoms with Gasteiger partial charge in [-0.05, 0) is 37.9 Å². The van der Waals surface area contributed by atoms with Gasteiger partial charge in [-0.3, -0.25) is 0 Å². The predicted molar refractivity (Wildman–Crippen MR) is 68.5 cm³/mol. The fourth-order valence-corrected chi connectivity index (χ4v) is 3.43. The van der Waals surface area contributed by atoms with Crippen molar-refractivity contribution < 1.29 is 4.74 Å². The first-order chi connectivity index (χ1) is 6.27. The van der Waals surface area contributed by atoms with Gasteiger partial charge in [-0.2, -0.15) is 0 Å². The largest absolute Gasteiger partial charge is 0.378 e. The molecule has 0 saturated carbocycles. The lowest BCUT2D eigenvalue weighted by Gasteiger charge is -2.22. The van der Waals surface area contributed by atoms with Crippen molar-refractivity contribution in [2.75, 3.05) is 19.8 Å². The van der Waals surface area contributed by atoms with Gasteiger partial charge in [0.25, 0.3) is 0 Å². The molecule has 0 radical (unpaired) electrons. The van der Waals surface area contributed by atoms with Gasteiger partial charge in [0.1, 0.15) is 0 Å². The summed E-state index contributed by atoms with van der Waals surface area (Å²) in [5.74, 6) is 0. The van der Waals surface area contributed by atoms with Crippen LogP contribution >= 0.6 is 55.6 Å². The van der Waals surface area contributed by atoms with Crippen LogP contribution in [-0.4, -0.2) is 19.8 Å². The number of nitrogens with one attached hydrogen (secondary N) is 1. The Kier molecular flexibility index (Phi) is 5.38. The summed E-state index contributed by atoms with van der Waals surface area (Å²) in [7, 11) is 0. The Labute approximate surface area is 110 Å². The minimum atomic E-state index is 0. The van der Waals surface area contributed by atoms with Gasteiger partial charge in [-0.25, -0.2) is 0 Å². The van der Waals surface area contributed by atoms with E-state index >= 15 is 0 Å². The molecule has 0 amide bonds. The molecule has 0 spiro atoms. The molecule has 0 aliphatic carbocycles. The van der Waals surface area contributed by atoms with E-state index in [-0.39, 0.29) is 12.4 Å². The molecule has 1 aromatic heterocycles. The summed E-state index contributed by atoms with van der Waals surface area (Å²) in [5.41, 5.74) is 0. The molecule has 1 aliphatic heterocycles. The standard InChI is InChI=1S/C8H9Br2NOS.ClH/c9-5-3-7(13-8(5)10)6-4-12-2-1-11-6;/h3,6,11H,1-2,4H2;1H/t6-;/m1./s1. The van der Waals surface area contributed by atoms with E-state index in [0.717, 1.165) is 28.0 Å². The molecule has 80 valence electrons. The summed E-state index contributed by atoms with van der Waals surface area (Å²) in [6, 6.07) is 2.50. The second kappa shape index (κ2) is 5.82. The fraction of sp³-hybridized carbons (Fsp3) is 0.500. The maximum Gasteiger partial charge on any atom is 0.0843 e. The predicted octanol–water partition coefficient (Wildman–Crippen LogP) is 3.36. The first-order valence-electron chi connectivity index (χ1n) is 4.03. The summed E-state index contributed by atoms with van der Waals surface area (Å²) < 4.78 is 7.67. The lowest BCUT2D eigenvalue weighted by Crippen LogP contribution is -2.33. The highest BCUT2D eigenvalue weighted by molar-refractivity contribution is 9.13. The lowest BCUT2D eigenvalue weighted by atomic mass is 10.2. The van der Waals surface area contributed by atoms with E-state index in [1.165, 1.54) is 4.88 Å². The van der Waals surface area contributed by atoms with Crippen molar-refractivity contribution in [2.45, 2.75) is 6.04 Å². The van der Waals surface area contributed by atoms with Gasteiger partial charge >= 0.3 is 0 Å². The van der Waals surface area contributed by atoms with Gasteiger partial charge in [0.2, 0.25) is 0 Å². The number of rotatable bonds is 1. The molecule has 1 saturated heterocycles. The Morgan fingerprint density at radius 2 is 2.29 bits per heavy atom. The highest BCUT2D eigenvalue weighted by Gasteiger charge is 2.18. The quantitative estimate of drug-likeness (QED) is 0.826. The first-order valence-corrected chi connectivity index (χ1v) is 6.43. The monoisotopic (exact) mass is 361 g/mol. The molecular formula is C8H10Br2ClNOS. The summed E-state index contributed by atoms with van der Waals surface area (Å²) in [6.07, 6.45) is 0. The van der Waals surface area contributed by atoms with E-state index in [2.05, 4.69) is 43.2 Å². The van der Waals surface area contributed by atoms with Crippen LogP contribution in [-0.2, 0) is 4.74 Å². The van der Waals surface area contributed by atoms with Crippen molar-refractivity contribution in [3.05, 3.63) is 19.2 Å².